The lowest BCUT2D eigenvalue weighted by Gasteiger charge is -2.27. The molecule has 4 heteroatoms. The van der Waals surface area contributed by atoms with E-state index in [-0.39, 0.29) is 5.91 Å². The van der Waals surface area contributed by atoms with E-state index in [0.717, 1.165) is 41.5 Å². The minimum atomic E-state index is -0.830. The Morgan fingerprint density at radius 1 is 1.11 bits per heavy atom. The minimum Gasteiger partial charge on any atom is -0.493 e. The normalized spacial score (nSPS) is 13.6. The summed E-state index contributed by atoms with van der Waals surface area (Å²) in [5, 5.41) is 5.05. The van der Waals surface area contributed by atoms with Crippen LogP contribution in [0.3, 0.4) is 0 Å². The Kier molecular flexibility index (Phi) is 7.66. The minimum absolute atomic E-state index is 0.109. The van der Waals surface area contributed by atoms with Gasteiger partial charge < -0.3 is 14.8 Å². The molecule has 1 amide bonds. The fourth-order valence-corrected chi connectivity index (χ4v) is 3.04. The van der Waals surface area contributed by atoms with Crippen LogP contribution < -0.4 is 10.1 Å². The monoisotopic (exact) mass is 371 g/mol. The summed E-state index contributed by atoms with van der Waals surface area (Å²) in [7, 11) is 1.60. The summed E-state index contributed by atoms with van der Waals surface area (Å²) in [4.78, 5) is 12.9. The van der Waals surface area contributed by atoms with Crippen molar-refractivity contribution in [2.75, 3.05) is 19.0 Å². The van der Waals surface area contributed by atoms with Crippen molar-refractivity contribution in [3.05, 3.63) is 36.4 Å². The van der Waals surface area contributed by atoms with Gasteiger partial charge >= 0.3 is 0 Å². The molecule has 0 aromatic heterocycles. The topological polar surface area (TPSA) is 47.6 Å². The Hall–Kier alpha value is -2.07. The van der Waals surface area contributed by atoms with Gasteiger partial charge in [0.2, 0.25) is 0 Å². The molecule has 27 heavy (non-hydrogen) atoms. The molecule has 148 valence electrons. The summed E-state index contributed by atoms with van der Waals surface area (Å²) in [5.74, 6) is 1.19. The predicted molar refractivity (Wildman–Crippen MR) is 112 cm³/mol. The highest BCUT2D eigenvalue weighted by Crippen LogP contribution is 2.33. The molecule has 0 aliphatic heterocycles. The number of amides is 1. The highest BCUT2D eigenvalue weighted by molar-refractivity contribution is 6.06. The van der Waals surface area contributed by atoms with E-state index in [9.17, 15) is 4.79 Å². The summed E-state index contributed by atoms with van der Waals surface area (Å²) >= 11 is 0. The quantitative estimate of drug-likeness (QED) is 0.537. The Morgan fingerprint density at radius 2 is 1.81 bits per heavy atom. The first kappa shape index (κ1) is 21.2. The molecule has 2 aromatic rings. The SMILES string of the molecule is CCCCC[C@@](C)(OC)C(=O)Nc1ccc(OCC(C)C)c2ccccc12. The van der Waals surface area contributed by atoms with Gasteiger partial charge in [-0.15, -0.1) is 0 Å². The fraction of sp³-hybridized carbons (Fsp3) is 0.522. The van der Waals surface area contributed by atoms with Crippen molar-refractivity contribution in [2.45, 2.75) is 59.0 Å². The molecule has 2 aromatic carbocycles. The van der Waals surface area contributed by atoms with Crippen LogP contribution in [0.2, 0.25) is 0 Å². The number of methoxy groups -OCH3 is 1. The maximum atomic E-state index is 12.9. The Bertz CT molecular complexity index is 756. The number of carbonyl (C=O) groups excluding carboxylic acids is 1. The van der Waals surface area contributed by atoms with Gasteiger partial charge in [-0.05, 0) is 31.4 Å². The van der Waals surface area contributed by atoms with Gasteiger partial charge in [0.25, 0.3) is 5.91 Å². The molecule has 0 bridgehead atoms. The molecule has 0 aliphatic rings. The molecule has 4 nitrogen and oxygen atoms in total. The molecular formula is C23H33NO3. The first-order valence-electron chi connectivity index (χ1n) is 9.92. The summed E-state index contributed by atoms with van der Waals surface area (Å²) in [6, 6.07) is 11.8. The number of nitrogens with one attached hydrogen (secondary N) is 1. The van der Waals surface area contributed by atoms with Crippen LogP contribution in [0.25, 0.3) is 10.8 Å². The zero-order valence-electron chi connectivity index (χ0n) is 17.3. The average molecular weight is 372 g/mol. The maximum Gasteiger partial charge on any atom is 0.256 e. The number of benzene rings is 2. The lowest BCUT2D eigenvalue weighted by Crippen LogP contribution is -2.42. The molecule has 0 fully saturated rings. The lowest BCUT2D eigenvalue weighted by atomic mass is 9.96. The van der Waals surface area contributed by atoms with Gasteiger partial charge in [-0.25, -0.2) is 0 Å². The van der Waals surface area contributed by atoms with E-state index in [1.165, 1.54) is 0 Å². The molecule has 1 atom stereocenters. The van der Waals surface area contributed by atoms with Gasteiger partial charge in [-0.1, -0.05) is 64.3 Å². The van der Waals surface area contributed by atoms with Gasteiger partial charge in [0, 0.05) is 23.6 Å². The van der Waals surface area contributed by atoms with Crippen molar-refractivity contribution in [3.8, 4) is 5.75 Å². The first-order valence-corrected chi connectivity index (χ1v) is 9.92. The molecule has 0 heterocycles. The van der Waals surface area contributed by atoms with Gasteiger partial charge in [0.1, 0.15) is 11.4 Å². The van der Waals surface area contributed by atoms with Crippen LogP contribution in [-0.4, -0.2) is 25.2 Å². The summed E-state index contributed by atoms with van der Waals surface area (Å²) in [6.07, 6.45) is 3.88. The number of fused-ring (bicyclic) bond motifs is 1. The van der Waals surface area contributed by atoms with Crippen LogP contribution >= 0.6 is 0 Å². The van der Waals surface area contributed by atoms with Crippen molar-refractivity contribution in [2.24, 2.45) is 5.92 Å². The third-order valence-corrected chi connectivity index (χ3v) is 4.89. The van der Waals surface area contributed by atoms with Crippen molar-refractivity contribution in [1.82, 2.24) is 0 Å². The largest absolute Gasteiger partial charge is 0.493 e. The highest BCUT2D eigenvalue weighted by Gasteiger charge is 2.32. The van der Waals surface area contributed by atoms with Crippen molar-refractivity contribution in [3.63, 3.8) is 0 Å². The van der Waals surface area contributed by atoms with Crippen LogP contribution in [0.15, 0.2) is 36.4 Å². The molecule has 2 rings (SSSR count). The van der Waals surface area contributed by atoms with Crippen molar-refractivity contribution in [1.29, 1.82) is 0 Å². The second-order valence-electron chi connectivity index (χ2n) is 7.71. The van der Waals surface area contributed by atoms with E-state index in [4.69, 9.17) is 9.47 Å². The first-order chi connectivity index (χ1) is 12.9. The summed E-state index contributed by atoms with van der Waals surface area (Å²) < 4.78 is 11.5. The Balaban J connectivity index is 2.25. The summed E-state index contributed by atoms with van der Waals surface area (Å²) in [6.45, 7) is 8.93. The second-order valence-corrected chi connectivity index (χ2v) is 7.71. The molecule has 0 radical (unpaired) electrons. The smallest absolute Gasteiger partial charge is 0.256 e. The van der Waals surface area contributed by atoms with E-state index in [2.05, 4.69) is 26.1 Å². The predicted octanol–water partition coefficient (Wildman–Crippen LogP) is 5.80. The number of hydrogen-bond acceptors (Lipinski definition) is 3. The van der Waals surface area contributed by atoms with Crippen LogP contribution in [-0.2, 0) is 9.53 Å². The van der Waals surface area contributed by atoms with E-state index < -0.39 is 5.60 Å². The molecular weight excluding hydrogens is 338 g/mol. The Labute approximate surface area is 163 Å². The molecule has 1 N–H and O–H groups in total. The standard InChI is InChI=1S/C23H33NO3/c1-6-7-10-15-23(4,26-5)22(25)24-20-13-14-21(27-16-17(2)3)19-12-9-8-11-18(19)20/h8-9,11-14,17H,6-7,10,15-16H2,1-5H3,(H,24,25)/t23-/m1/s1. The van der Waals surface area contributed by atoms with Crippen LogP contribution in [0.4, 0.5) is 5.69 Å². The Morgan fingerprint density at radius 3 is 2.44 bits per heavy atom. The molecule has 0 saturated heterocycles. The van der Waals surface area contributed by atoms with Crippen LogP contribution in [0, 0.1) is 5.92 Å². The third kappa shape index (κ3) is 5.46. The highest BCUT2D eigenvalue weighted by atomic mass is 16.5. The lowest BCUT2D eigenvalue weighted by molar-refractivity contribution is -0.136. The van der Waals surface area contributed by atoms with Crippen molar-refractivity contribution < 1.29 is 14.3 Å². The van der Waals surface area contributed by atoms with E-state index in [1.807, 2.05) is 43.3 Å². The number of ether oxygens (including phenoxy) is 2. The van der Waals surface area contributed by atoms with Crippen LogP contribution in [0.5, 0.6) is 5.75 Å². The number of anilines is 1. The van der Waals surface area contributed by atoms with E-state index in [1.54, 1.807) is 7.11 Å². The fourth-order valence-electron chi connectivity index (χ4n) is 3.04. The third-order valence-electron chi connectivity index (χ3n) is 4.89. The van der Waals surface area contributed by atoms with Gasteiger partial charge in [-0.2, -0.15) is 0 Å². The average Bonchev–Trinajstić information content (AvgIpc) is 2.67. The molecule has 0 unspecified atom stereocenters. The second kappa shape index (κ2) is 9.75. The van der Waals surface area contributed by atoms with Crippen LogP contribution in [0.1, 0.15) is 53.4 Å². The zero-order chi connectivity index (χ0) is 19.9. The van der Waals surface area contributed by atoms with Crippen molar-refractivity contribution >= 4 is 22.4 Å². The van der Waals surface area contributed by atoms with Gasteiger partial charge in [0.05, 0.1) is 6.61 Å². The number of hydrogen-bond donors (Lipinski definition) is 1. The van der Waals surface area contributed by atoms with Gasteiger partial charge in [0.15, 0.2) is 0 Å². The maximum absolute atomic E-state index is 12.9. The number of carbonyl (C=O) groups is 1. The number of rotatable bonds is 10. The van der Waals surface area contributed by atoms with E-state index >= 15 is 0 Å². The number of unbranched alkanes of at least 4 members (excludes halogenated alkanes) is 2. The van der Waals surface area contributed by atoms with Gasteiger partial charge in [-0.3, -0.25) is 4.79 Å². The molecule has 0 aliphatic carbocycles. The molecule has 0 saturated carbocycles. The zero-order valence-corrected chi connectivity index (χ0v) is 17.3. The van der Waals surface area contributed by atoms with E-state index in [0.29, 0.717) is 18.9 Å². The molecule has 0 spiro atoms. The summed E-state index contributed by atoms with van der Waals surface area (Å²) in [5.41, 5.74) is -0.0467.